The van der Waals surface area contributed by atoms with Gasteiger partial charge >= 0.3 is 6.18 Å². The summed E-state index contributed by atoms with van der Waals surface area (Å²) in [5.41, 5.74) is 9.21. The van der Waals surface area contributed by atoms with Gasteiger partial charge in [-0.05, 0) is 65.8 Å². The van der Waals surface area contributed by atoms with E-state index in [1.807, 2.05) is 24.3 Å². The lowest BCUT2D eigenvalue weighted by atomic mass is 9.78. The zero-order chi connectivity index (χ0) is 22.9. The predicted octanol–water partition coefficient (Wildman–Crippen LogP) is 4.63. The highest BCUT2D eigenvalue weighted by Crippen LogP contribution is 2.47. The van der Waals surface area contributed by atoms with Crippen molar-refractivity contribution in [1.29, 1.82) is 5.26 Å². The Kier molecular flexibility index (Phi) is 5.59. The zero-order valence-electron chi connectivity index (χ0n) is 17.3. The fourth-order valence-corrected chi connectivity index (χ4v) is 4.53. The first-order valence-corrected chi connectivity index (χ1v) is 10.4. The second-order valence-electron chi connectivity index (χ2n) is 8.19. The summed E-state index contributed by atoms with van der Waals surface area (Å²) in [6.45, 7) is -0.0198. The lowest BCUT2D eigenvalue weighted by Gasteiger charge is -2.37. The molecular weight excluding hydrogens is 419 g/mol. The number of nitrogens with two attached hydrogens (primary N) is 1. The molecule has 0 saturated carbocycles. The van der Waals surface area contributed by atoms with E-state index in [2.05, 4.69) is 5.32 Å². The van der Waals surface area contributed by atoms with Gasteiger partial charge in [-0.3, -0.25) is 4.79 Å². The lowest BCUT2D eigenvalue weighted by molar-refractivity contribution is -0.136. The molecule has 2 aliphatic rings. The standard InChI is InChI=1S/C24H22F3N3O2/c25-24(26,27)8-2-10-32-18-5-6-21-16(12-18)7-9-23(21)13-19(20(14-28)22(31)30-23)15-3-1-4-17(29)11-15/h1,3-6,11-12H,2,7-10,13,29H2,(H,30,31). The van der Waals surface area contributed by atoms with Crippen molar-refractivity contribution in [1.82, 2.24) is 5.32 Å². The van der Waals surface area contributed by atoms with Crippen LogP contribution in [0.3, 0.4) is 0 Å². The van der Waals surface area contributed by atoms with E-state index >= 15 is 0 Å². The van der Waals surface area contributed by atoms with Crippen LogP contribution in [0.1, 0.15) is 42.4 Å². The number of nitrogens with zero attached hydrogens (tertiary/aromatic N) is 1. The second-order valence-corrected chi connectivity index (χ2v) is 8.19. The number of nitrogens with one attached hydrogen (secondary N) is 1. The van der Waals surface area contributed by atoms with Gasteiger partial charge in [0.15, 0.2) is 0 Å². The minimum atomic E-state index is -4.19. The zero-order valence-corrected chi connectivity index (χ0v) is 17.3. The highest BCUT2D eigenvalue weighted by atomic mass is 19.4. The van der Waals surface area contributed by atoms with Gasteiger partial charge in [0.25, 0.3) is 5.91 Å². The number of fused-ring (bicyclic) bond motifs is 2. The van der Waals surface area contributed by atoms with Crippen LogP contribution in [-0.2, 0) is 16.8 Å². The van der Waals surface area contributed by atoms with E-state index in [9.17, 15) is 23.2 Å². The Morgan fingerprint density at radius 2 is 2.03 bits per heavy atom. The van der Waals surface area contributed by atoms with Crippen molar-refractivity contribution < 1.29 is 22.7 Å². The third-order valence-electron chi connectivity index (χ3n) is 5.99. The number of aryl methyl sites for hydroxylation is 1. The third kappa shape index (κ3) is 4.28. The fourth-order valence-electron chi connectivity index (χ4n) is 4.53. The van der Waals surface area contributed by atoms with Gasteiger partial charge in [0.05, 0.1) is 12.1 Å². The lowest BCUT2D eigenvalue weighted by Crippen LogP contribution is -2.48. The minimum absolute atomic E-state index is 0.0198. The maximum absolute atomic E-state index is 12.8. The first-order chi connectivity index (χ1) is 15.2. The van der Waals surface area contributed by atoms with Crippen LogP contribution in [0.4, 0.5) is 18.9 Å². The molecule has 1 atom stereocenters. The van der Waals surface area contributed by atoms with Crippen LogP contribution in [0, 0.1) is 11.3 Å². The van der Waals surface area contributed by atoms with Crippen molar-refractivity contribution in [3.05, 3.63) is 64.7 Å². The van der Waals surface area contributed by atoms with E-state index in [1.165, 1.54) is 0 Å². The molecule has 1 unspecified atom stereocenters. The fraction of sp³-hybridized carbons (Fsp3) is 0.333. The number of carbonyl (C=O) groups is 1. The van der Waals surface area contributed by atoms with E-state index < -0.39 is 24.0 Å². The molecule has 8 heteroatoms. The van der Waals surface area contributed by atoms with Crippen molar-refractivity contribution in [2.24, 2.45) is 0 Å². The maximum atomic E-state index is 12.8. The highest BCUT2D eigenvalue weighted by Gasteiger charge is 2.45. The Hall–Kier alpha value is -3.47. The van der Waals surface area contributed by atoms with E-state index in [1.54, 1.807) is 24.3 Å². The van der Waals surface area contributed by atoms with Crippen LogP contribution in [0.15, 0.2) is 48.0 Å². The number of hydrogen-bond acceptors (Lipinski definition) is 4. The summed E-state index contributed by atoms with van der Waals surface area (Å²) in [5, 5.41) is 12.6. The van der Waals surface area contributed by atoms with Crippen molar-refractivity contribution in [2.75, 3.05) is 12.3 Å². The Labute approximate surface area is 183 Å². The molecule has 1 aliphatic carbocycles. The summed E-state index contributed by atoms with van der Waals surface area (Å²) in [4.78, 5) is 12.8. The number of benzene rings is 2. The maximum Gasteiger partial charge on any atom is 0.389 e. The molecule has 1 heterocycles. The summed E-state index contributed by atoms with van der Waals surface area (Å²) >= 11 is 0. The molecule has 166 valence electrons. The molecule has 0 fully saturated rings. The van der Waals surface area contributed by atoms with Crippen molar-refractivity contribution in [3.63, 3.8) is 0 Å². The average molecular weight is 441 g/mol. The van der Waals surface area contributed by atoms with E-state index in [4.69, 9.17) is 10.5 Å². The topological polar surface area (TPSA) is 88.1 Å². The number of rotatable bonds is 5. The van der Waals surface area contributed by atoms with Crippen LogP contribution >= 0.6 is 0 Å². The number of anilines is 1. The van der Waals surface area contributed by atoms with Gasteiger partial charge in [-0.1, -0.05) is 18.2 Å². The molecule has 3 N–H and O–H groups in total. The van der Waals surface area contributed by atoms with E-state index in [-0.39, 0.29) is 18.6 Å². The average Bonchev–Trinajstić information content (AvgIpc) is 3.07. The number of alkyl halides is 3. The smallest absolute Gasteiger partial charge is 0.389 e. The number of nitrogen functional groups attached to an aromatic ring is 1. The first-order valence-electron chi connectivity index (χ1n) is 10.4. The second kappa shape index (κ2) is 8.23. The number of hydrogen-bond donors (Lipinski definition) is 2. The molecule has 0 bridgehead atoms. The molecule has 1 amide bonds. The monoisotopic (exact) mass is 441 g/mol. The highest BCUT2D eigenvalue weighted by molar-refractivity contribution is 6.07. The van der Waals surface area contributed by atoms with E-state index in [0.717, 1.165) is 16.7 Å². The normalized spacial score (nSPS) is 20.1. The quantitative estimate of drug-likeness (QED) is 0.523. The molecule has 2 aromatic carbocycles. The number of ether oxygens (including phenoxy) is 1. The first kappa shape index (κ1) is 21.8. The Morgan fingerprint density at radius 1 is 1.22 bits per heavy atom. The Balaban J connectivity index is 1.58. The summed E-state index contributed by atoms with van der Waals surface area (Å²) in [7, 11) is 0. The van der Waals surface area contributed by atoms with Crippen molar-refractivity contribution in [3.8, 4) is 11.8 Å². The van der Waals surface area contributed by atoms with Gasteiger partial charge in [0, 0.05) is 18.5 Å². The van der Waals surface area contributed by atoms with Crippen LogP contribution in [0.25, 0.3) is 5.57 Å². The number of halogens is 3. The summed E-state index contributed by atoms with van der Waals surface area (Å²) < 4.78 is 42.4. The SMILES string of the molecule is N#CC1=C(c2cccc(N)c2)CC2(CCc3cc(OCCCC(F)(F)F)ccc32)NC1=O. The number of amides is 1. The Bertz CT molecular complexity index is 1130. The Morgan fingerprint density at radius 3 is 2.75 bits per heavy atom. The molecule has 0 saturated heterocycles. The van der Waals surface area contributed by atoms with Crippen molar-refractivity contribution in [2.45, 2.75) is 43.8 Å². The minimum Gasteiger partial charge on any atom is -0.494 e. The van der Waals surface area contributed by atoms with Gasteiger partial charge < -0.3 is 15.8 Å². The van der Waals surface area contributed by atoms with Crippen LogP contribution < -0.4 is 15.8 Å². The molecule has 1 aliphatic heterocycles. The molecule has 5 nitrogen and oxygen atoms in total. The van der Waals surface area contributed by atoms with Crippen LogP contribution in [-0.4, -0.2) is 18.7 Å². The van der Waals surface area contributed by atoms with Crippen LogP contribution in [0.5, 0.6) is 5.75 Å². The van der Waals surface area contributed by atoms with Gasteiger partial charge in [0.2, 0.25) is 0 Å². The molecule has 0 radical (unpaired) electrons. The van der Waals surface area contributed by atoms with Crippen LogP contribution in [0.2, 0.25) is 0 Å². The molecule has 32 heavy (non-hydrogen) atoms. The largest absolute Gasteiger partial charge is 0.494 e. The number of carbonyl (C=O) groups excluding carboxylic acids is 1. The molecule has 1 spiro atoms. The molecule has 0 aromatic heterocycles. The number of nitriles is 1. The summed E-state index contributed by atoms with van der Waals surface area (Å²) in [6.07, 6.45) is -3.40. The van der Waals surface area contributed by atoms with Gasteiger partial charge in [-0.2, -0.15) is 18.4 Å². The summed E-state index contributed by atoms with van der Waals surface area (Å²) in [5.74, 6) is 0.0888. The van der Waals surface area contributed by atoms with Crippen molar-refractivity contribution >= 4 is 17.2 Å². The predicted molar refractivity (Wildman–Crippen MR) is 113 cm³/mol. The van der Waals surface area contributed by atoms with Gasteiger partial charge in [0.1, 0.15) is 17.4 Å². The van der Waals surface area contributed by atoms with E-state index in [0.29, 0.717) is 36.3 Å². The molecular formula is C24H22F3N3O2. The van der Waals surface area contributed by atoms with Gasteiger partial charge in [-0.15, -0.1) is 0 Å². The summed E-state index contributed by atoms with van der Waals surface area (Å²) in [6, 6.07) is 14.6. The third-order valence-corrected chi connectivity index (χ3v) is 5.99. The van der Waals surface area contributed by atoms with Gasteiger partial charge in [-0.25, -0.2) is 0 Å². The molecule has 2 aromatic rings. The molecule has 4 rings (SSSR count).